The van der Waals surface area contributed by atoms with Gasteiger partial charge in [-0.25, -0.2) is 0 Å². The number of carbonyl (C=O) groups excluding carboxylic acids is 4. The molecule has 166 valence electrons. The third-order valence-electron chi connectivity index (χ3n) is 4.63. The number of carboxylic acid groups (broad SMARTS) is 2. The minimum absolute atomic E-state index is 0.0711. The van der Waals surface area contributed by atoms with Crippen molar-refractivity contribution in [3.63, 3.8) is 0 Å². The van der Waals surface area contributed by atoms with Crippen molar-refractivity contribution < 1.29 is 38.9 Å². The predicted molar refractivity (Wildman–Crippen MR) is 101 cm³/mol. The molecule has 0 aromatic carbocycles. The number of esters is 2. The summed E-state index contributed by atoms with van der Waals surface area (Å²) < 4.78 is 9.99. The van der Waals surface area contributed by atoms with Crippen molar-refractivity contribution in [1.29, 1.82) is 0 Å². The molecule has 0 aliphatic carbocycles. The van der Waals surface area contributed by atoms with Gasteiger partial charge >= 0.3 is 11.9 Å². The fourth-order valence-corrected chi connectivity index (χ4v) is 2.76. The summed E-state index contributed by atoms with van der Waals surface area (Å²) in [5.74, 6) is -5.72. The van der Waals surface area contributed by atoms with Crippen LogP contribution in [0.5, 0.6) is 0 Å². The van der Waals surface area contributed by atoms with Crippen LogP contribution >= 0.6 is 0 Å². The van der Waals surface area contributed by atoms with Crippen molar-refractivity contribution in [1.82, 2.24) is 0 Å². The number of carboxylic acids is 2. The van der Waals surface area contributed by atoms with E-state index in [9.17, 15) is 29.4 Å². The molecule has 8 heteroatoms. The maximum absolute atomic E-state index is 12.1. The lowest BCUT2D eigenvalue weighted by molar-refractivity contribution is -0.322. The molecule has 0 amide bonds. The number of aliphatic carboxylic acids is 2. The predicted octanol–water partition coefficient (Wildman–Crippen LogP) is 1.06. The Hall–Kier alpha value is -2.38. The van der Waals surface area contributed by atoms with Crippen molar-refractivity contribution in [3.05, 3.63) is 12.2 Å². The summed E-state index contributed by atoms with van der Waals surface area (Å²) in [6.45, 7) is 7.38. The van der Waals surface area contributed by atoms with E-state index in [1.54, 1.807) is 0 Å². The second-order valence-electron chi connectivity index (χ2n) is 7.05. The number of hydrogen-bond donors (Lipinski definition) is 0. The Bertz CT molecular complexity index is 539. The zero-order valence-corrected chi connectivity index (χ0v) is 17.5. The zero-order valence-electron chi connectivity index (χ0n) is 17.5. The van der Waals surface area contributed by atoms with E-state index in [2.05, 4.69) is 6.58 Å². The Labute approximate surface area is 172 Å². The van der Waals surface area contributed by atoms with Crippen molar-refractivity contribution in [2.24, 2.45) is 5.41 Å². The highest BCUT2D eigenvalue weighted by molar-refractivity contribution is 5.99. The fourth-order valence-electron chi connectivity index (χ4n) is 2.76. The van der Waals surface area contributed by atoms with Crippen molar-refractivity contribution in [3.8, 4) is 0 Å². The average Bonchev–Trinajstić information content (AvgIpc) is 2.66. The second-order valence-corrected chi connectivity index (χ2v) is 7.05. The van der Waals surface area contributed by atoms with E-state index in [1.165, 1.54) is 0 Å². The average molecular weight is 412 g/mol. The minimum Gasteiger partial charge on any atom is -0.549 e. The highest BCUT2D eigenvalue weighted by Crippen LogP contribution is 2.35. The lowest BCUT2D eigenvalue weighted by Crippen LogP contribution is -2.50. The lowest BCUT2D eigenvalue weighted by Gasteiger charge is -2.35. The van der Waals surface area contributed by atoms with Crippen LogP contribution in [0.15, 0.2) is 12.2 Å². The van der Waals surface area contributed by atoms with Crippen LogP contribution in [0.2, 0.25) is 0 Å². The zero-order chi connectivity index (χ0) is 22.3. The Balaban J connectivity index is 5.08. The van der Waals surface area contributed by atoms with Gasteiger partial charge in [-0.1, -0.05) is 59.0 Å². The smallest absolute Gasteiger partial charge is 0.307 e. The first kappa shape index (κ1) is 26.6. The van der Waals surface area contributed by atoms with Gasteiger partial charge in [-0.2, -0.15) is 0 Å². The largest absolute Gasteiger partial charge is 0.549 e. The first-order chi connectivity index (χ1) is 13.7. The molecule has 0 unspecified atom stereocenters. The molecule has 8 nitrogen and oxygen atoms in total. The van der Waals surface area contributed by atoms with Crippen LogP contribution in [0.4, 0.5) is 0 Å². The Morgan fingerprint density at radius 2 is 1.17 bits per heavy atom. The Kier molecular flexibility index (Phi) is 13.4. The molecule has 0 fully saturated rings. The second kappa shape index (κ2) is 14.6. The molecular weight excluding hydrogens is 380 g/mol. The number of unbranched alkanes of at least 4 members (excludes halogenated alkanes) is 6. The molecule has 0 N–H and O–H groups in total. The summed E-state index contributed by atoms with van der Waals surface area (Å²) in [6, 6.07) is 0. The van der Waals surface area contributed by atoms with Crippen LogP contribution in [0, 0.1) is 5.41 Å². The molecule has 0 radical (unpaired) electrons. The molecule has 0 atom stereocenters. The van der Waals surface area contributed by atoms with Crippen LogP contribution in [0.1, 0.15) is 78.1 Å². The summed E-state index contributed by atoms with van der Waals surface area (Å²) in [4.78, 5) is 47.3. The van der Waals surface area contributed by atoms with Crippen LogP contribution in [0.3, 0.4) is 0 Å². The summed E-state index contributed by atoms with van der Waals surface area (Å²) >= 11 is 0. The SMILES string of the molecule is C=C(C(=O)[O-])C(CC(=O)OCCCCCC)(CC(=O)OCCCCCC)C(=O)[O-]. The number of hydrogen-bond acceptors (Lipinski definition) is 8. The lowest BCUT2D eigenvalue weighted by atomic mass is 9.75. The Morgan fingerprint density at radius 1 is 0.759 bits per heavy atom. The van der Waals surface area contributed by atoms with Gasteiger partial charge in [-0.15, -0.1) is 0 Å². The summed E-state index contributed by atoms with van der Waals surface area (Å²) in [6.07, 6.45) is 4.98. The molecular formula is C21H32O8-2. The van der Waals surface area contributed by atoms with E-state index in [-0.39, 0.29) is 13.2 Å². The molecule has 0 bridgehead atoms. The van der Waals surface area contributed by atoms with E-state index in [0.29, 0.717) is 12.8 Å². The summed E-state index contributed by atoms with van der Waals surface area (Å²) in [5, 5.41) is 23.1. The van der Waals surface area contributed by atoms with Gasteiger partial charge in [0.25, 0.3) is 0 Å². The van der Waals surface area contributed by atoms with Gasteiger partial charge in [0.15, 0.2) is 0 Å². The quantitative estimate of drug-likeness (QED) is 0.197. The molecule has 0 aliphatic rings. The third kappa shape index (κ3) is 10.1. The van der Waals surface area contributed by atoms with Crippen LogP contribution in [-0.4, -0.2) is 37.1 Å². The molecule has 0 aromatic heterocycles. The van der Waals surface area contributed by atoms with Crippen molar-refractivity contribution in [2.75, 3.05) is 13.2 Å². The van der Waals surface area contributed by atoms with Gasteiger partial charge in [0.05, 0.1) is 43.4 Å². The van der Waals surface area contributed by atoms with Crippen LogP contribution in [-0.2, 0) is 28.7 Å². The highest BCUT2D eigenvalue weighted by atomic mass is 16.5. The molecule has 0 saturated carbocycles. The van der Waals surface area contributed by atoms with Gasteiger partial charge in [-0.05, 0) is 18.4 Å². The number of rotatable bonds is 17. The first-order valence-electron chi connectivity index (χ1n) is 10.1. The van der Waals surface area contributed by atoms with Gasteiger partial charge in [0.1, 0.15) is 0 Å². The van der Waals surface area contributed by atoms with Crippen molar-refractivity contribution in [2.45, 2.75) is 78.1 Å². The number of ether oxygens (including phenoxy) is 2. The van der Waals surface area contributed by atoms with Crippen LogP contribution < -0.4 is 10.2 Å². The maximum Gasteiger partial charge on any atom is 0.307 e. The molecule has 0 rings (SSSR count). The monoisotopic (exact) mass is 412 g/mol. The van der Waals surface area contributed by atoms with E-state index in [0.717, 1.165) is 38.5 Å². The van der Waals surface area contributed by atoms with E-state index in [1.807, 2.05) is 13.8 Å². The van der Waals surface area contributed by atoms with Gasteiger partial charge in [0, 0.05) is 0 Å². The first-order valence-corrected chi connectivity index (χ1v) is 10.1. The van der Waals surface area contributed by atoms with E-state index < -0.39 is 47.7 Å². The maximum atomic E-state index is 12.1. The molecule has 0 aliphatic heterocycles. The van der Waals surface area contributed by atoms with Crippen LogP contribution in [0.25, 0.3) is 0 Å². The summed E-state index contributed by atoms with van der Waals surface area (Å²) in [5.41, 5.74) is -3.41. The topological polar surface area (TPSA) is 133 Å². The number of carbonyl (C=O) groups is 4. The van der Waals surface area contributed by atoms with Gasteiger partial charge in [0.2, 0.25) is 0 Å². The van der Waals surface area contributed by atoms with E-state index in [4.69, 9.17) is 9.47 Å². The normalized spacial score (nSPS) is 11.0. The fraction of sp³-hybridized carbons (Fsp3) is 0.714. The Morgan fingerprint density at radius 3 is 1.48 bits per heavy atom. The van der Waals surface area contributed by atoms with E-state index >= 15 is 0 Å². The summed E-state index contributed by atoms with van der Waals surface area (Å²) in [7, 11) is 0. The van der Waals surface area contributed by atoms with Gasteiger partial charge < -0.3 is 29.3 Å². The molecule has 0 aromatic rings. The molecule has 29 heavy (non-hydrogen) atoms. The third-order valence-corrected chi connectivity index (χ3v) is 4.63. The molecule has 0 spiro atoms. The molecule has 0 heterocycles. The molecule has 0 saturated heterocycles. The highest BCUT2D eigenvalue weighted by Gasteiger charge is 2.41. The minimum atomic E-state index is -2.49. The van der Waals surface area contributed by atoms with Crippen molar-refractivity contribution >= 4 is 23.9 Å². The van der Waals surface area contributed by atoms with Gasteiger partial charge in [-0.3, -0.25) is 9.59 Å². The standard InChI is InChI=1S/C21H34O8/c1-4-6-8-10-12-28-17(22)14-21(20(26)27,16(3)19(24)25)15-18(23)29-13-11-9-7-5-2/h3-15H2,1-2H3,(H,24,25)(H,26,27)/p-2.